The van der Waals surface area contributed by atoms with Crippen LogP contribution in [0.4, 0.5) is 0 Å². The molecule has 0 spiro atoms. The molecule has 0 aliphatic carbocycles. The second-order valence-corrected chi connectivity index (χ2v) is 3.20. The highest BCUT2D eigenvalue weighted by Crippen LogP contribution is 2.19. The van der Waals surface area contributed by atoms with E-state index in [0.717, 1.165) is 31.6 Å². The van der Waals surface area contributed by atoms with E-state index < -0.39 is 0 Å². The first kappa shape index (κ1) is 8.33. The highest BCUT2D eigenvalue weighted by molar-refractivity contribution is 5.26. The van der Waals surface area contributed by atoms with Crippen molar-refractivity contribution in [3.63, 3.8) is 0 Å². The second kappa shape index (κ2) is 3.63. The molecule has 0 saturated carbocycles. The first-order chi connectivity index (χ1) is 6.40. The Morgan fingerprint density at radius 1 is 1.54 bits per heavy atom. The van der Waals surface area contributed by atoms with Crippen molar-refractivity contribution >= 4 is 0 Å². The molecule has 3 nitrogen and oxygen atoms in total. The molecule has 2 rings (SSSR count). The maximum Gasteiger partial charge on any atom is 0.0646 e. The lowest BCUT2D eigenvalue weighted by atomic mass is 10.1. The topological polar surface area (TPSA) is 27.1 Å². The van der Waals surface area contributed by atoms with Crippen molar-refractivity contribution in [2.75, 3.05) is 13.2 Å². The van der Waals surface area contributed by atoms with E-state index in [-0.39, 0.29) is 0 Å². The van der Waals surface area contributed by atoms with E-state index >= 15 is 0 Å². The molecule has 1 aliphatic rings. The molecule has 0 unspecified atom stereocenters. The van der Waals surface area contributed by atoms with E-state index in [9.17, 15) is 0 Å². The van der Waals surface area contributed by atoms with Crippen molar-refractivity contribution < 1.29 is 4.74 Å². The normalized spacial score (nSPS) is 18.4. The van der Waals surface area contributed by atoms with Crippen molar-refractivity contribution in [1.82, 2.24) is 9.78 Å². The molecule has 13 heavy (non-hydrogen) atoms. The van der Waals surface area contributed by atoms with Gasteiger partial charge in [-0.25, -0.2) is 0 Å². The zero-order valence-electron chi connectivity index (χ0n) is 7.44. The predicted octanol–water partition coefficient (Wildman–Crippen LogP) is 1.22. The molecule has 0 atom stereocenters. The second-order valence-electron chi connectivity index (χ2n) is 3.20. The third kappa shape index (κ3) is 1.73. The van der Waals surface area contributed by atoms with Gasteiger partial charge in [0, 0.05) is 19.4 Å². The molecule has 1 saturated heterocycles. The van der Waals surface area contributed by atoms with E-state index in [1.807, 2.05) is 10.9 Å². The van der Waals surface area contributed by atoms with Crippen LogP contribution in [-0.4, -0.2) is 23.0 Å². The first-order valence-corrected chi connectivity index (χ1v) is 4.48. The summed E-state index contributed by atoms with van der Waals surface area (Å²) in [5, 5.41) is 4.23. The Labute approximate surface area is 77.7 Å². The predicted molar refractivity (Wildman–Crippen MR) is 49.3 cm³/mol. The van der Waals surface area contributed by atoms with Gasteiger partial charge in [0.25, 0.3) is 0 Å². The summed E-state index contributed by atoms with van der Waals surface area (Å²) in [5.41, 5.74) is 0.853. The monoisotopic (exact) mass is 176 g/mol. The van der Waals surface area contributed by atoms with Crippen LogP contribution >= 0.6 is 0 Å². The van der Waals surface area contributed by atoms with Crippen molar-refractivity contribution in [2.24, 2.45) is 0 Å². The van der Waals surface area contributed by atoms with Crippen LogP contribution in [0.3, 0.4) is 0 Å². The van der Waals surface area contributed by atoms with Crippen LogP contribution in [0.2, 0.25) is 0 Å². The molecule has 1 aliphatic heterocycles. The number of hydrogen-bond acceptors (Lipinski definition) is 2. The molecule has 2 heterocycles. The Balaban J connectivity index is 2.11. The van der Waals surface area contributed by atoms with Gasteiger partial charge in [0.05, 0.1) is 17.8 Å². The smallest absolute Gasteiger partial charge is 0.0646 e. The number of hydrogen-bond donors (Lipinski definition) is 0. The lowest BCUT2D eigenvalue weighted by Gasteiger charge is -2.22. The number of nitrogens with zero attached hydrogens (tertiary/aromatic N) is 2. The fourth-order valence-electron chi connectivity index (χ4n) is 1.56. The molecule has 1 aromatic rings. The summed E-state index contributed by atoms with van der Waals surface area (Å²) in [7, 11) is 0. The molecule has 1 aromatic heterocycles. The molecule has 0 N–H and O–H groups in total. The zero-order valence-corrected chi connectivity index (χ0v) is 7.44. The summed E-state index contributed by atoms with van der Waals surface area (Å²) >= 11 is 0. The molecule has 3 heteroatoms. The Kier molecular flexibility index (Phi) is 2.33. The minimum Gasteiger partial charge on any atom is -0.381 e. The van der Waals surface area contributed by atoms with Crippen LogP contribution in [0.5, 0.6) is 0 Å². The fraction of sp³-hybridized carbons (Fsp3) is 0.500. The summed E-state index contributed by atoms with van der Waals surface area (Å²) in [6.07, 6.45) is 11.0. The minimum atomic E-state index is 0.468. The van der Waals surface area contributed by atoms with Crippen molar-refractivity contribution in [1.29, 1.82) is 0 Å². The van der Waals surface area contributed by atoms with E-state index in [2.05, 4.69) is 11.0 Å². The first-order valence-electron chi connectivity index (χ1n) is 4.48. The van der Waals surface area contributed by atoms with Crippen molar-refractivity contribution in [2.45, 2.75) is 18.9 Å². The number of aromatic nitrogens is 2. The molecule has 1 fully saturated rings. The van der Waals surface area contributed by atoms with Gasteiger partial charge < -0.3 is 4.74 Å². The zero-order chi connectivity index (χ0) is 9.10. The van der Waals surface area contributed by atoms with Crippen LogP contribution in [0.15, 0.2) is 12.4 Å². The van der Waals surface area contributed by atoms with Gasteiger partial charge in [-0.3, -0.25) is 4.68 Å². The standard InChI is InChI=1S/C10H12N2O/c1-2-9-7-11-12(8-9)10-3-5-13-6-4-10/h1,7-8,10H,3-6H2. The van der Waals surface area contributed by atoms with Gasteiger partial charge in [-0.1, -0.05) is 5.92 Å². The summed E-state index contributed by atoms with van der Waals surface area (Å²) in [5.74, 6) is 2.57. The largest absolute Gasteiger partial charge is 0.381 e. The van der Waals surface area contributed by atoms with Gasteiger partial charge in [0.15, 0.2) is 0 Å². The highest BCUT2D eigenvalue weighted by atomic mass is 16.5. The minimum absolute atomic E-state index is 0.468. The molecule has 0 amide bonds. The van der Waals surface area contributed by atoms with Crippen LogP contribution in [0.25, 0.3) is 0 Å². The maximum atomic E-state index is 5.27. The van der Waals surface area contributed by atoms with Crippen LogP contribution in [0.1, 0.15) is 24.4 Å². The average molecular weight is 176 g/mol. The van der Waals surface area contributed by atoms with E-state index in [0.29, 0.717) is 6.04 Å². The quantitative estimate of drug-likeness (QED) is 0.601. The number of rotatable bonds is 1. The van der Waals surface area contributed by atoms with Crippen LogP contribution in [0, 0.1) is 12.3 Å². The average Bonchev–Trinajstić information content (AvgIpc) is 2.67. The maximum absolute atomic E-state index is 5.27. The van der Waals surface area contributed by atoms with Gasteiger partial charge in [-0.15, -0.1) is 6.42 Å². The molecule has 0 radical (unpaired) electrons. The Morgan fingerprint density at radius 3 is 2.92 bits per heavy atom. The summed E-state index contributed by atoms with van der Waals surface area (Å²) in [6, 6.07) is 0.468. The van der Waals surface area contributed by atoms with E-state index in [1.165, 1.54) is 0 Å². The summed E-state index contributed by atoms with van der Waals surface area (Å²) in [4.78, 5) is 0. The van der Waals surface area contributed by atoms with E-state index in [1.54, 1.807) is 6.20 Å². The van der Waals surface area contributed by atoms with E-state index in [4.69, 9.17) is 11.2 Å². The SMILES string of the molecule is C#Cc1cnn(C2CCOCC2)c1. The van der Waals surface area contributed by atoms with Crippen molar-refractivity contribution in [3.8, 4) is 12.3 Å². The van der Waals surface area contributed by atoms with Gasteiger partial charge in [-0.2, -0.15) is 5.10 Å². The van der Waals surface area contributed by atoms with Crippen LogP contribution in [-0.2, 0) is 4.74 Å². The Morgan fingerprint density at radius 2 is 2.31 bits per heavy atom. The van der Waals surface area contributed by atoms with Gasteiger partial charge in [0.2, 0.25) is 0 Å². The molecular weight excluding hydrogens is 164 g/mol. The fourth-order valence-corrected chi connectivity index (χ4v) is 1.56. The lowest BCUT2D eigenvalue weighted by molar-refractivity contribution is 0.0662. The van der Waals surface area contributed by atoms with Gasteiger partial charge >= 0.3 is 0 Å². The lowest BCUT2D eigenvalue weighted by Crippen LogP contribution is -2.19. The van der Waals surface area contributed by atoms with Gasteiger partial charge in [-0.05, 0) is 12.8 Å². The molecule has 68 valence electrons. The Hall–Kier alpha value is -1.27. The molecule has 0 aromatic carbocycles. The van der Waals surface area contributed by atoms with Crippen LogP contribution < -0.4 is 0 Å². The highest BCUT2D eigenvalue weighted by Gasteiger charge is 2.15. The summed E-state index contributed by atoms with van der Waals surface area (Å²) in [6.45, 7) is 1.66. The van der Waals surface area contributed by atoms with Crippen molar-refractivity contribution in [3.05, 3.63) is 18.0 Å². The Bertz CT molecular complexity index is 318. The third-order valence-corrected chi connectivity index (χ3v) is 2.33. The number of ether oxygens (including phenoxy) is 1. The molecular formula is C10H12N2O. The third-order valence-electron chi connectivity index (χ3n) is 2.33. The summed E-state index contributed by atoms with van der Waals surface area (Å²) < 4.78 is 7.23. The number of terminal acetylenes is 1. The van der Waals surface area contributed by atoms with Gasteiger partial charge in [0.1, 0.15) is 0 Å². The molecule has 0 bridgehead atoms.